The first-order valence-electron chi connectivity index (χ1n) is 7.39. The van der Waals surface area contributed by atoms with Crippen LogP contribution in [0.15, 0.2) is 22.5 Å². The molecule has 1 aliphatic carbocycles. The summed E-state index contributed by atoms with van der Waals surface area (Å²) in [5, 5.41) is 5.42. The minimum absolute atomic E-state index is 0. The van der Waals surface area contributed by atoms with Gasteiger partial charge >= 0.3 is 0 Å². The molecule has 0 aliphatic heterocycles. The van der Waals surface area contributed by atoms with Crippen molar-refractivity contribution in [3.8, 4) is 0 Å². The van der Waals surface area contributed by atoms with E-state index in [9.17, 15) is 0 Å². The molecule has 120 valence electrons. The molecule has 4 nitrogen and oxygen atoms in total. The van der Waals surface area contributed by atoms with Crippen LogP contribution in [0.25, 0.3) is 0 Å². The lowest BCUT2D eigenvalue weighted by Crippen LogP contribution is -2.40. The molecule has 1 aromatic rings. The number of nitrogens with zero attached hydrogens (tertiary/aromatic N) is 2. The van der Waals surface area contributed by atoms with Crippen LogP contribution in [0.5, 0.6) is 0 Å². The molecule has 21 heavy (non-hydrogen) atoms. The highest BCUT2D eigenvalue weighted by atomic mass is 127. The van der Waals surface area contributed by atoms with Gasteiger partial charge < -0.3 is 15.0 Å². The maximum absolute atomic E-state index is 5.68. The van der Waals surface area contributed by atoms with Crippen LogP contribution in [-0.2, 0) is 11.3 Å². The summed E-state index contributed by atoms with van der Waals surface area (Å²) in [6, 6.07) is 4.19. The second kappa shape index (κ2) is 10.4. The van der Waals surface area contributed by atoms with Crippen molar-refractivity contribution in [1.29, 1.82) is 0 Å². The van der Waals surface area contributed by atoms with E-state index in [0.717, 1.165) is 44.7 Å². The van der Waals surface area contributed by atoms with Gasteiger partial charge in [-0.05, 0) is 37.1 Å². The standard InChI is InChI=1S/C15H25N3OS.HI/c1-3-16-15(17-11-14-5-4-10-20-14)18(2)8-9-19-12-13-6-7-13;/h4-5,10,13H,3,6-9,11-12H2,1-2H3,(H,16,17);1H. The van der Waals surface area contributed by atoms with Gasteiger partial charge in [0, 0.05) is 31.6 Å². The first kappa shape index (κ1) is 18.7. The van der Waals surface area contributed by atoms with Crippen LogP contribution in [0.4, 0.5) is 0 Å². The minimum atomic E-state index is 0. The molecule has 0 aromatic carbocycles. The molecule has 0 unspecified atom stereocenters. The molecule has 1 heterocycles. The first-order valence-corrected chi connectivity index (χ1v) is 8.27. The quantitative estimate of drug-likeness (QED) is 0.302. The maximum atomic E-state index is 5.68. The summed E-state index contributed by atoms with van der Waals surface area (Å²) in [6.45, 7) is 6.30. The van der Waals surface area contributed by atoms with Crippen molar-refractivity contribution in [3.05, 3.63) is 22.4 Å². The zero-order valence-electron chi connectivity index (χ0n) is 12.9. The number of rotatable bonds is 8. The summed E-state index contributed by atoms with van der Waals surface area (Å²) in [5.74, 6) is 1.79. The molecule has 1 saturated carbocycles. The molecule has 6 heteroatoms. The van der Waals surface area contributed by atoms with E-state index < -0.39 is 0 Å². The van der Waals surface area contributed by atoms with Gasteiger partial charge in [-0.1, -0.05) is 6.07 Å². The molecule has 1 N–H and O–H groups in total. The van der Waals surface area contributed by atoms with Crippen molar-refractivity contribution in [2.24, 2.45) is 10.9 Å². The number of ether oxygens (including phenoxy) is 1. The third kappa shape index (κ3) is 7.46. The number of hydrogen-bond donors (Lipinski definition) is 1. The summed E-state index contributed by atoms with van der Waals surface area (Å²) < 4.78 is 5.68. The molecular formula is C15H26IN3OS. The second-order valence-electron chi connectivity index (χ2n) is 5.19. The third-order valence-electron chi connectivity index (χ3n) is 3.28. The number of thiophene rings is 1. The Morgan fingerprint density at radius 1 is 1.52 bits per heavy atom. The summed E-state index contributed by atoms with van der Waals surface area (Å²) in [4.78, 5) is 8.10. The Morgan fingerprint density at radius 2 is 2.33 bits per heavy atom. The predicted molar refractivity (Wildman–Crippen MR) is 101 cm³/mol. The van der Waals surface area contributed by atoms with Gasteiger partial charge in [0.2, 0.25) is 0 Å². The molecule has 0 atom stereocenters. The van der Waals surface area contributed by atoms with Crippen molar-refractivity contribution in [2.45, 2.75) is 26.3 Å². The molecule has 0 saturated heterocycles. The number of guanidine groups is 1. The van der Waals surface area contributed by atoms with Crippen LogP contribution < -0.4 is 5.32 Å². The van der Waals surface area contributed by atoms with Gasteiger partial charge in [-0.25, -0.2) is 4.99 Å². The van der Waals surface area contributed by atoms with E-state index in [1.54, 1.807) is 11.3 Å². The van der Waals surface area contributed by atoms with Gasteiger partial charge in [-0.3, -0.25) is 0 Å². The zero-order chi connectivity index (χ0) is 14.2. The number of halogens is 1. The fourth-order valence-electron chi connectivity index (χ4n) is 1.87. The Morgan fingerprint density at radius 3 is 2.95 bits per heavy atom. The predicted octanol–water partition coefficient (Wildman–Crippen LogP) is 3.19. The molecule has 0 radical (unpaired) electrons. The second-order valence-corrected chi connectivity index (χ2v) is 6.22. The smallest absolute Gasteiger partial charge is 0.194 e. The molecular weight excluding hydrogens is 397 g/mol. The summed E-state index contributed by atoms with van der Waals surface area (Å²) in [7, 11) is 2.07. The maximum Gasteiger partial charge on any atom is 0.194 e. The first-order chi connectivity index (χ1) is 9.79. The Labute approximate surface area is 149 Å². The minimum Gasteiger partial charge on any atom is -0.379 e. The van der Waals surface area contributed by atoms with E-state index in [1.807, 2.05) is 0 Å². The van der Waals surface area contributed by atoms with Gasteiger partial charge in [0.25, 0.3) is 0 Å². The van der Waals surface area contributed by atoms with E-state index in [1.165, 1.54) is 17.7 Å². The fourth-order valence-corrected chi connectivity index (χ4v) is 2.50. The Balaban J connectivity index is 0.00000220. The van der Waals surface area contributed by atoms with Crippen LogP contribution in [0.1, 0.15) is 24.6 Å². The molecule has 0 amide bonds. The van der Waals surface area contributed by atoms with Crippen LogP contribution >= 0.6 is 35.3 Å². The molecule has 0 bridgehead atoms. The molecule has 1 aliphatic rings. The highest BCUT2D eigenvalue weighted by Gasteiger charge is 2.21. The highest BCUT2D eigenvalue weighted by molar-refractivity contribution is 14.0. The van der Waals surface area contributed by atoms with E-state index in [0.29, 0.717) is 0 Å². The van der Waals surface area contributed by atoms with Crippen LogP contribution in [0.3, 0.4) is 0 Å². The van der Waals surface area contributed by atoms with Crippen molar-refractivity contribution < 1.29 is 4.74 Å². The topological polar surface area (TPSA) is 36.9 Å². The molecule has 2 rings (SSSR count). The average Bonchev–Trinajstić information content (AvgIpc) is 3.13. The van der Waals surface area contributed by atoms with Crippen LogP contribution in [-0.4, -0.2) is 44.2 Å². The lowest BCUT2D eigenvalue weighted by atomic mass is 10.4. The summed E-state index contributed by atoms with van der Waals surface area (Å²) in [5.41, 5.74) is 0. The number of likely N-dealkylation sites (N-methyl/N-ethyl adjacent to an activating group) is 1. The largest absolute Gasteiger partial charge is 0.379 e. The lowest BCUT2D eigenvalue weighted by molar-refractivity contribution is 0.115. The number of nitrogens with one attached hydrogen (secondary N) is 1. The number of hydrogen-bond acceptors (Lipinski definition) is 3. The van der Waals surface area contributed by atoms with Gasteiger partial charge in [0.1, 0.15) is 0 Å². The van der Waals surface area contributed by atoms with Crippen molar-refractivity contribution in [1.82, 2.24) is 10.2 Å². The van der Waals surface area contributed by atoms with Crippen LogP contribution in [0, 0.1) is 5.92 Å². The number of aliphatic imine (C=N–C) groups is 1. The van der Waals surface area contributed by atoms with E-state index in [2.05, 4.69) is 46.7 Å². The third-order valence-corrected chi connectivity index (χ3v) is 4.14. The highest BCUT2D eigenvalue weighted by Crippen LogP contribution is 2.28. The van der Waals surface area contributed by atoms with Gasteiger partial charge in [-0.15, -0.1) is 35.3 Å². The van der Waals surface area contributed by atoms with Gasteiger partial charge in [0.05, 0.1) is 13.2 Å². The summed E-state index contributed by atoms with van der Waals surface area (Å²) in [6.07, 6.45) is 2.70. The van der Waals surface area contributed by atoms with Gasteiger partial charge in [0.15, 0.2) is 5.96 Å². The Bertz CT molecular complexity index is 407. The van der Waals surface area contributed by atoms with Crippen LogP contribution in [0.2, 0.25) is 0 Å². The average molecular weight is 423 g/mol. The zero-order valence-corrected chi connectivity index (χ0v) is 16.0. The normalized spacial score (nSPS) is 14.7. The van der Waals surface area contributed by atoms with E-state index in [-0.39, 0.29) is 24.0 Å². The molecule has 1 fully saturated rings. The van der Waals surface area contributed by atoms with E-state index in [4.69, 9.17) is 4.74 Å². The Hall–Kier alpha value is -0.340. The van der Waals surface area contributed by atoms with Crippen molar-refractivity contribution in [2.75, 3.05) is 33.4 Å². The molecule has 0 spiro atoms. The van der Waals surface area contributed by atoms with Crippen molar-refractivity contribution in [3.63, 3.8) is 0 Å². The fraction of sp³-hybridized carbons (Fsp3) is 0.667. The lowest BCUT2D eigenvalue weighted by Gasteiger charge is -2.21. The Kier molecular flexibility index (Phi) is 9.26. The monoisotopic (exact) mass is 423 g/mol. The van der Waals surface area contributed by atoms with Gasteiger partial charge in [-0.2, -0.15) is 0 Å². The van der Waals surface area contributed by atoms with Crippen molar-refractivity contribution >= 4 is 41.3 Å². The summed E-state index contributed by atoms with van der Waals surface area (Å²) >= 11 is 1.75. The SMILES string of the molecule is CCNC(=NCc1cccs1)N(C)CCOCC1CC1.I. The van der Waals surface area contributed by atoms with E-state index >= 15 is 0 Å². The molecule has 1 aromatic heterocycles.